The highest BCUT2D eigenvalue weighted by atomic mass is 127. The number of likely N-dealkylation sites (tertiary alicyclic amines) is 1. The minimum atomic E-state index is -0.114. The van der Waals surface area contributed by atoms with E-state index in [0.29, 0.717) is 6.54 Å². The number of benzene rings is 1. The summed E-state index contributed by atoms with van der Waals surface area (Å²) in [6.07, 6.45) is 1.57. The number of nitrogens with one attached hydrogen (secondary N) is 1. The van der Waals surface area contributed by atoms with Crippen molar-refractivity contribution in [3.63, 3.8) is 0 Å². The molecule has 7 nitrogen and oxygen atoms in total. The van der Waals surface area contributed by atoms with E-state index in [-0.39, 0.29) is 42.7 Å². The van der Waals surface area contributed by atoms with Crippen LogP contribution in [0.4, 0.5) is 0 Å². The quantitative estimate of drug-likeness (QED) is 0.267. The predicted octanol–water partition coefficient (Wildman–Crippen LogP) is 3.15. The average molecular weight is 554 g/mol. The van der Waals surface area contributed by atoms with Gasteiger partial charge in [0.2, 0.25) is 6.79 Å². The van der Waals surface area contributed by atoms with Crippen LogP contribution in [-0.4, -0.2) is 50.4 Å². The molecule has 1 fully saturated rings. The van der Waals surface area contributed by atoms with Crippen molar-refractivity contribution in [3.8, 4) is 11.5 Å². The van der Waals surface area contributed by atoms with Gasteiger partial charge < -0.3 is 24.4 Å². The van der Waals surface area contributed by atoms with E-state index in [0.717, 1.165) is 60.0 Å². The Morgan fingerprint density at radius 1 is 1.37 bits per heavy atom. The molecule has 1 aromatic carbocycles. The van der Waals surface area contributed by atoms with E-state index < -0.39 is 0 Å². The van der Waals surface area contributed by atoms with Crippen molar-refractivity contribution < 1.29 is 19.0 Å². The number of rotatable bonds is 4. The molecular weight excluding hydrogens is 529 g/mol. The van der Waals surface area contributed by atoms with Gasteiger partial charge in [-0.3, -0.25) is 4.79 Å². The van der Waals surface area contributed by atoms with Crippen LogP contribution >= 0.6 is 39.9 Å². The second-order valence-corrected chi connectivity index (χ2v) is 7.12. The lowest BCUT2D eigenvalue weighted by Crippen LogP contribution is -2.46. The minimum absolute atomic E-state index is 0. The van der Waals surface area contributed by atoms with Crippen LogP contribution in [-0.2, 0) is 16.1 Å². The first kappa shape index (κ1) is 22.1. The SMILES string of the molecule is CCNC(=NCc1cc(Br)c2c(c1)OCO2)N1CCC(C(=O)OC)CC1.I. The lowest BCUT2D eigenvalue weighted by atomic mass is 9.97. The van der Waals surface area contributed by atoms with Crippen molar-refractivity contribution in [1.82, 2.24) is 10.2 Å². The molecule has 150 valence electrons. The van der Waals surface area contributed by atoms with E-state index in [2.05, 4.69) is 26.1 Å². The van der Waals surface area contributed by atoms with Gasteiger partial charge in [0.1, 0.15) is 0 Å². The number of nitrogens with zero attached hydrogens (tertiary/aromatic N) is 2. The Bertz CT molecular complexity index is 693. The third kappa shape index (κ3) is 5.40. The highest BCUT2D eigenvalue weighted by Crippen LogP contribution is 2.40. The van der Waals surface area contributed by atoms with Gasteiger partial charge in [0, 0.05) is 19.6 Å². The summed E-state index contributed by atoms with van der Waals surface area (Å²) in [7, 11) is 1.45. The van der Waals surface area contributed by atoms with Crippen LogP contribution in [0.15, 0.2) is 21.6 Å². The number of halogens is 2. The van der Waals surface area contributed by atoms with E-state index in [1.807, 2.05) is 19.1 Å². The van der Waals surface area contributed by atoms with Crippen molar-refractivity contribution in [1.29, 1.82) is 0 Å². The maximum Gasteiger partial charge on any atom is 0.308 e. The van der Waals surface area contributed by atoms with Gasteiger partial charge >= 0.3 is 5.97 Å². The molecule has 0 aromatic heterocycles. The monoisotopic (exact) mass is 553 g/mol. The highest BCUT2D eigenvalue weighted by molar-refractivity contribution is 14.0. The zero-order valence-corrected chi connectivity index (χ0v) is 19.4. The Morgan fingerprint density at radius 2 is 2.11 bits per heavy atom. The lowest BCUT2D eigenvalue weighted by Gasteiger charge is -2.33. The maximum atomic E-state index is 11.7. The molecule has 0 amide bonds. The van der Waals surface area contributed by atoms with Gasteiger partial charge in [0.25, 0.3) is 0 Å². The van der Waals surface area contributed by atoms with Gasteiger partial charge in [-0.1, -0.05) is 0 Å². The first-order valence-corrected chi connectivity index (χ1v) is 9.60. The Hall–Kier alpha value is -1.23. The second-order valence-electron chi connectivity index (χ2n) is 6.27. The molecule has 0 spiro atoms. The molecule has 2 aliphatic rings. The van der Waals surface area contributed by atoms with Crippen molar-refractivity contribution in [2.24, 2.45) is 10.9 Å². The molecule has 2 heterocycles. The summed E-state index contributed by atoms with van der Waals surface area (Å²) in [5.41, 5.74) is 1.04. The number of carbonyl (C=O) groups is 1. The van der Waals surface area contributed by atoms with Crippen molar-refractivity contribution in [3.05, 3.63) is 22.2 Å². The fourth-order valence-corrected chi connectivity index (χ4v) is 3.80. The van der Waals surface area contributed by atoms with E-state index in [1.165, 1.54) is 7.11 Å². The minimum Gasteiger partial charge on any atom is -0.469 e. The Balaban J connectivity index is 0.00000261. The lowest BCUT2D eigenvalue weighted by molar-refractivity contribution is -0.146. The van der Waals surface area contributed by atoms with Gasteiger partial charge in [0.05, 0.1) is 24.0 Å². The summed E-state index contributed by atoms with van der Waals surface area (Å²) in [5.74, 6) is 2.23. The second kappa shape index (κ2) is 10.4. The molecule has 3 rings (SSSR count). The molecule has 0 radical (unpaired) electrons. The topological polar surface area (TPSA) is 72.4 Å². The van der Waals surface area contributed by atoms with Crippen LogP contribution < -0.4 is 14.8 Å². The van der Waals surface area contributed by atoms with Crippen molar-refractivity contribution in [2.75, 3.05) is 33.5 Å². The molecule has 2 aliphatic heterocycles. The molecule has 0 bridgehead atoms. The summed E-state index contributed by atoms with van der Waals surface area (Å²) in [4.78, 5) is 18.7. The van der Waals surface area contributed by atoms with Gasteiger partial charge in [-0.2, -0.15) is 0 Å². The standard InChI is InChI=1S/C18H24BrN3O4.HI/c1-3-20-18(22-6-4-13(5-7-22)17(23)24-2)21-10-12-8-14(19)16-15(9-12)25-11-26-16;/h8-9,13H,3-7,10-11H2,1-2H3,(H,20,21);1H. The Kier molecular flexibility index (Phi) is 8.46. The largest absolute Gasteiger partial charge is 0.469 e. The Labute approximate surface area is 185 Å². The first-order chi connectivity index (χ1) is 12.6. The fourth-order valence-electron chi connectivity index (χ4n) is 3.20. The zero-order chi connectivity index (χ0) is 18.5. The van der Waals surface area contributed by atoms with Crippen LogP contribution in [0, 0.1) is 5.92 Å². The number of piperidine rings is 1. The number of carbonyl (C=O) groups excluding carboxylic acids is 1. The zero-order valence-electron chi connectivity index (χ0n) is 15.5. The van der Waals surface area contributed by atoms with Crippen LogP contribution in [0.3, 0.4) is 0 Å². The van der Waals surface area contributed by atoms with E-state index in [1.54, 1.807) is 0 Å². The number of hydrogen-bond acceptors (Lipinski definition) is 5. The van der Waals surface area contributed by atoms with Crippen molar-refractivity contribution in [2.45, 2.75) is 26.3 Å². The highest BCUT2D eigenvalue weighted by Gasteiger charge is 2.27. The fraction of sp³-hybridized carbons (Fsp3) is 0.556. The molecule has 1 N–H and O–H groups in total. The van der Waals surface area contributed by atoms with Crippen LogP contribution in [0.25, 0.3) is 0 Å². The molecule has 1 saturated heterocycles. The van der Waals surface area contributed by atoms with Gasteiger partial charge in [-0.15, -0.1) is 24.0 Å². The summed E-state index contributed by atoms with van der Waals surface area (Å²) in [6.45, 7) is 5.20. The number of aliphatic imine (C=N–C) groups is 1. The van der Waals surface area contributed by atoms with E-state index >= 15 is 0 Å². The van der Waals surface area contributed by atoms with Gasteiger partial charge in [-0.05, 0) is 53.4 Å². The number of hydrogen-bond donors (Lipinski definition) is 1. The molecular formula is C18H25BrIN3O4. The number of ether oxygens (including phenoxy) is 3. The molecule has 27 heavy (non-hydrogen) atoms. The van der Waals surface area contributed by atoms with Crippen LogP contribution in [0.1, 0.15) is 25.3 Å². The average Bonchev–Trinajstić information content (AvgIpc) is 3.14. The predicted molar refractivity (Wildman–Crippen MR) is 117 cm³/mol. The smallest absolute Gasteiger partial charge is 0.308 e. The first-order valence-electron chi connectivity index (χ1n) is 8.81. The molecule has 0 atom stereocenters. The molecule has 9 heteroatoms. The van der Waals surface area contributed by atoms with Crippen LogP contribution in [0.5, 0.6) is 11.5 Å². The molecule has 1 aromatic rings. The van der Waals surface area contributed by atoms with E-state index in [9.17, 15) is 4.79 Å². The third-order valence-electron chi connectivity index (χ3n) is 4.56. The maximum absolute atomic E-state index is 11.7. The number of fused-ring (bicyclic) bond motifs is 1. The van der Waals surface area contributed by atoms with E-state index in [4.69, 9.17) is 19.2 Å². The van der Waals surface area contributed by atoms with Gasteiger partial charge in [-0.25, -0.2) is 4.99 Å². The van der Waals surface area contributed by atoms with Crippen molar-refractivity contribution >= 4 is 51.8 Å². The molecule has 0 aliphatic carbocycles. The Morgan fingerprint density at radius 3 is 2.78 bits per heavy atom. The summed E-state index contributed by atoms with van der Waals surface area (Å²) in [5, 5.41) is 3.34. The van der Waals surface area contributed by atoms with Crippen LogP contribution in [0.2, 0.25) is 0 Å². The number of esters is 1. The van der Waals surface area contributed by atoms with Gasteiger partial charge in [0.15, 0.2) is 17.5 Å². The number of guanidine groups is 1. The normalized spacial score (nSPS) is 16.7. The molecule has 0 saturated carbocycles. The summed E-state index contributed by atoms with van der Waals surface area (Å²) >= 11 is 3.52. The summed E-state index contributed by atoms with van der Waals surface area (Å²) < 4.78 is 16.6. The number of methoxy groups -OCH3 is 1. The molecule has 0 unspecified atom stereocenters. The summed E-state index contributed by atoms with van der Waals surface area (Å²) in [6, 6.07) is 3.97. The third-order valence-corrected chi connectivity index (χ3v) is 5.15.